The summed E-state index contributed by atoms with van der Waals surface area (Å²) in [7, 11) is 0. The highest BCUT2D eigenvalue weighted by Crippen LogP contribution is 2.15. The molecule has 6 nitrogen and oxygen atoms in total. The highest BCUT2D eigenvalue weighted by Gasteiger charge is 2.19. The number of hydrogen-bond acceptors (Lipinski definition) is 6. The molecule has 68 heavy (non-hydrogen) atoms. The lowest BCUT2D eigenvalue weighted by Gasteiger charge is -2.18. The van der Waals surface area contributed by atoms with Gasteiger partial charge >= 0.3 is 17.9 Å². The first-order chi connectivity index (χ1) is 33.5. The number of allylic oxidation sites excluding steroid dienone is 14. The topological polar surface area (TPSA) is 78.9 Å². The van der Waals surface area contributed by atoms with E-state index in [4.69, 9.17) is 14.2 Å². The molecule has 6 heteroatoms. The van der Waals surface area contributed by atoms with Gasteiger partial charge in [0.1, 0.15) is 13.2 Å². The van der Waals surface area contributed by atoms with Gasteiger partial charge in [0.05, 0.1) is 0 Å². The van der Waals surface area contributed by atoms with E-state index in [9.17, 15) is 14.4 Å². The van der Waals surface area contributed by atoms with E-state index in [-0.39, 0.29) is 31.1 Å². The van der Waals surface area contributed by atoms with Gasteiger partial charge in [-0.05, 0) is 96.3 Å². The van der Waals surface area contributed by atoms with Crippen molar-refractivity contribution in [3.63, 3.8) is 0 Å². The Labute approximate surface area is 420 Å². The SMILES string of the molecule is CC/C=C\C/C=C\C/C=C\C/C=C\C/C=C\C/C=C\CCCCCCC(=O)OCC(COC(=O)CCCCCCCC)OC(=O)CCCCCCCCCCC/C=C\CCCCCCCCCC. The lowest BCUT2D eigenvalue weighted by molar-refractivity contribution is -0.167. The average Bonchev–Trinajstić information content (AvgIpc) is 3.34. The molecule has 0 saturated carbocycles. The molecule has 0 fully saturated rings. The van der Waals surface area contributed by atoms with Gasteiger partial charge in [-0.1, -0.05) is 241 Å². The van der Waals surface area contributed by atoms with Gasteiger partial charge in [-0.25, -0.2) is 0 Å². The summed E-state index contributed by atoms with van der Waals surface area (Å²) in [5.74, 6) is -0.919. The zero-order chi connectivity index (χ0) is 49.3. The maximum atomic E-state index is 12.8. The van der Waals surface area contributed by atoms with Crippen LogP contribution in [0.1, 0.15) is 271 Å². The van der Waals surface area contributed by atoms with Crippen LogP contribution in [0.5, 0.6) is 0 Å². The minimum atomic E-state index is -0.785. The normalized spacial score (nSPS) is 12.7. The Morgan fingerprint density at radius 2 is 0.574 bits per heavy atom. The van der Waals surface area contributed by atoms with Crippen molar-refractivity contribution >= 4 is 17.9 Å². The molecule has 0 amide bonds. The molecule has 0 aromatic carbocycles. The molecule has 1 atom stereocenters. The summed E-state index contributed by atoms with van der Waals surface area (Å²) >= 11 is 0. The van der Waals surface area contributed by atoms with Gasteiger partial charge in [-0.2, -0.15) is 0 Å². The van der Waals surface area contributed by atoms with E-state index < -0.39 is 6.10 Å². The molecular formula is C62H106O6. The van der Waals surface area contributed by atoms with Crippen LogP contribution in [0.3, 0.4) is 0 Å². The standard InChI is InChI=1S/C62H106O6/c1-4-7-10-13-16-18-20-22-24-26-28-30-31-33-34-36-38-40-42-44-46-49-52-55-61(64)67-58-59(57-66-60(63)54-51-48-15-12-9-6-3)68-62(65)56-53-50-47-45-43-41-39-37-35-32-29-27-25-23-21-19-17-14-11-8-5-2/h7,10,16,18,22,24,27-30,33-34,38,40,59H,4-6,8-9,11-15,17,19-21,23,25-26,31-32,35-37,39,41-58H2,1-3H3/b10-7-,18-16-,24-22-,29-27-,30-28-,34-33-,40-38-. The van der Waals surface area contributed by atoms with Crippen molar-refractivity contribution in [2.24, 2.45) is 0 Å². The Kier molecular flexibility index (Phi) is 53.4. The molecule has 0 saturated heterocycles. The molecule has 0 N–H and O–H groups in total. The molecule has 0 aromatic rings. The molecule has 0 heterocycles. The second-order valence-electron chi connectivity index (χ2n) is 18.8. The first-order valence-electron chi connectivity index (χ1n) is 28.6. The highest BCUT2D eigenvalue weighted by molar-refractivity contribution is 5.71. The Bertz CT molecular complexity index is 1320. The van der Waals surface area contributed by atoms with E-state index in [0.717, 1.165) is 109 Å². The van der Waals surface area contributed by atoms with E-state index in [2.05, 4.69) is 106 Å². The fourth-order valence-corrected chi connectivity index (χ4v) is 7.85. The number of carbonyl (C=O) groups excluding carboxylic acids is 3. The molecule has 390 valence electrons. The van der Waals surface area contributed by atoms with Crippen molar-refractivity contribution < 1.29 is 28.6 Å². The van der Waals surface area contributed by atoms with Gasteiger partial charge < -0.3 is 14.2 Å². The number of rotatable bonds is 51. The molecule has 0 aliphatic rings. The molecule has 0 aliphatic heterocycles. The Hall–Kier alpha value is -3.41. The van der Waals surface area contributed by atoms with Gasteiger partial charge in [0.25, 0.3) is 0 Å². The minimum Gasteiger partial charge on any atom is -0.462 e. The maximum absolute atomic E-state index is 12.8. The summed E-state index contributed by atoms with van der Waals surface area (Å²) in [5.41, 5.74) is 0. The molecule has 0 radical (unpaired) electrons. The van der Waals surface area contributed by atoms with E-state index in [1.807, 2.05) is 0 Å². The van der Waals surface area contributed by atoms with Crippen LogP contribution in [0.4, 0.5) is 0 Å². The van der Waals surface area contributed by atoms with Crippen LogP contribution in [-0.4, -0.2) is 37.2 Å². The highest BCUT2D eigenvalue weighted by atomic mass is 16.6. The number of esters is 3. The summed E-state index contributed by atoms with van der Waals surface area (Å²) < 4.78 is 16.7. The number of carbonyl (C=O) groups is 3. The Morgan fingerprint density at radius 3 is 0.912 bits per heavy atom. The van der Waals surface area contributed by atoms with Crippen molar-refractivity contribution in [2.75, 3.05) is 13.2 Å². The zero-order valence-corrected chi connectivity index (χ0v) is 44.6. The van der Waals surface area contributed by atoms with Crippen molar-refractivity contribution in [1.82, 2.24) is 0 Å². The lowest BCUT2D eigenvalue weighted by Crippen LogP contribution is -2.30. The van der Waals surface area contributed by atoms with Gasteiger partial charge in [0.15, 0.2) is 6.10 Å². The third-order valence-corrected chi connectivity index (χ3v) is 12.1. The van der Waals surface area contributed by atoms with Crippen LogP contribution in [0, 0.1) is 0 Å². The molecule has 0 spiro atoms. The van der Waals surface area contributed by atoms with Crippen molar-refractivity contribution in [3.8, 4) is 0 Å². The van der Waals surface area contributed by atoms with Crippen LogP contribution in [-0.2, 0) is 28.6 Å². The second kappa shape index (κ2) is 56.2. The van der Waals surface area contributed by atoms with Gasteiger partial charge in [0, 0.05) is 19.3 Å². The van der Waals surface area contributed by atoms with E-state index in [0.29, 0.717) is 19.3 Å². The van der Waals surface area contributed by atoms with E-state index >= 15 is 0 Å². The van der Waals surface area contributed by atoms with Crippen molar-refractivity contribution in [2.45, 2.75) is 277 Å². The van der Waals surface area contributed by atoms with E-state index in [1.54, 1.807) is 0 Å². The largest absolute Gasteiger partial charge is 0.462 e. The third-order valence-electron chi connectivity index (χ3n) is 12.1. The van der Waals surface area contributed by atoms with Crippen LogP contribution in [0.15, 0.2) is 85.1 Å². The summed E-state index contributed by atoms with van der Waals surface area (Å²) in [6.07, 6.45) is 73.2. The first-order valence-corrected chi connectivity index (χ1v) is 28.6. The molecule has 0 aliphatic carbocycles. The molecule has 0 rings (SSSR count). The third kappa shape index (κ3) is 53.5. The summed E-state index contributed by atoms with van der Waals surface area (Å²) in [6.45, 7) is 6.45. The van der Waals surface area contributed by atoms with Gasteiger partial charge in [0.2, 0.25) is 0 Å². The zero-order valence-electron chi connectivity index (χ0n) is 44.6. The predicted molar refractivity (Wildman–Crippen MR) is 293 cm³/mol. The second-order valence-corrected chi connectivity index (χ2v) is 18.8. The quantitative estimate of drug-likeness (QED) is 0.0262. The van der Waals surface area contributed by atoms with Crippen molar-refractivity contribution in [1.29, 1.82) is 0 Å². The Morgan fingerprint density at radius 1 is 0.309 bits per heavy atom. The molecule has 0 aromatic heterocycles. The molecule has 1 unspecified atom stereocenters. The molecule has 0 bridgehead atoms. The van der Waals surface area contributed by atoms with Crippen LogP contribution >= 0.6 is 0 Å². The van der Waals surface area contributed by atoms with E-state index in [1.165, 1.54) is 122 Å². The summed E-state index contributed by atoms with van der Waals surface area (Å²) in [5, 5.41) is 0. The van der Waals surface area contributed by atoms with Crippen LogP contribution in [0.2, 0.25) is 0 Å². The molecular weight excluding hydrogens is 841 g/mol. The summed E-state index contributed by atoms with van der Waals surface area (Å²) in [6, 6.07) is 0. The van der Waals surface area contributed by atoms with Gasteiger partial charge in [-0.3, -0.25) is 14.4 Å². The smallest absolute Gasteiger partial charge is 0.306 e. The number of unbranched alkanes of at least 4 members (excludes halogenated alkanes) is 26. The van der Waals surface area contributed by atoms with Crippen molar-refractivity contribution in [3.05, 3.63) is 85.1 Å². The monoisotopic (exact) mass is 947 g/mol. The van der Waals surface area contributed by atoms with Crippen LogP contribution in [0.25, 0.3) is 0 Å². The lowest BCUT2D eigenvalue weighted by atomic mass is 10.1. The first kappa shape index (κ1) is 64.6. The predicted octanol–water partition coefficient (Wildman–Crippen LogP) is 19.2. The fourth-order valence-electron chi connectivity index (χ4n) is 7.85. The number of ether oxygens (including phenoxy) is 3. The maximum Gasteiger partial charge on any atom is 0.306 e. The number of hydrogen-bond donors (Lipinski definition) is 0. The average molecular weight is 948 g/mol. The fraction of sp³-hybridized carbons (Fsp3) is 0.726. The summed E-state index contributed by atoms with van der Waals surface area (Å²) in [4.78, 5) is 37.9. The minimum absolute atomic E-state index is 0.0854. The Balaban J connectivity index is 4.22. The van der Waals surface area contributed by atoms with Crippen LogP contribution < -0.4 is 0 Å². The van der Waals surface area contributed by atoms with Gasteiger partial charge in [-0.15, -0.1) is 0 Å².